The number of halogens is 3. The van der Waals surface area contributed by atoms with Crippen molar-refractivity contribution in [2.24, 2.45) is 0 Å². The summed E-state index contributed by atoms with van der Waals surface area (Å²) in [4.78, 5) is 23.9. The molecule has 7 nitrogen and oxygen atoms in total. The lowest BCUT2D eigenvalue weighted by molar-refractivity contribution is -0.123. The Morgan fingerprint density at radius 3 is 2.07 bits per heavy atom. The van der Waals surface area contributed by atoms with Crippen molar-refractivity contribution in [1.29, 1.82) is 0 Å². The van der Waals surface area contributed by atoms with E-state index in [4.69, 9.17) is 14.2 Å². The standard InChI is InChI=1S/C19H19F3N2O5/c1-27-13-6-10(7-14(28-2)19(13)29-3)8-15(25)23-9-16(26)24-12-5-4-11(20)17(21)18(12)22/h4-7H,8-9H2,1-3H3,(H,23,25)(H,24,26). The van der Waals surface area contributed by atoms with Gasteiger partial charge in [0.2, 0.25) is 17.6 Å². The Hall–Kier alpha value is -3.43. The molecule has 0 bridgehead atoms. The molecule has 2 aromatic rings. The first kappa shape index (κ1) is 21.9. The first-order valence-electron chi connectivity index (χ1n) is 8.29. The highest BCUT2D eigenvalue weighted by Crippen LogP contribution is 2.38. The van der Waals surface area contributed by atoms with Crippen LogP contribution in [0.4, 0.5) is 18.9 Å². The van der Waals surface area contributed by atoms with Crippen LogP contribution in [0.3, 0.4) is 0 Å². The van der Waals surface area contributed by atoms with Crippen molar-refractivity contribution >= 4 is 17.5 Å². The molecule has 2 rings (SSSR count). The van der Waals surface area contributed by atoms with Crippen molar-refractivity contribution in [1.82, 2.24) is 5.32 Å². The fourth-order valence-electron chi connectivity index (χ4n) is 2.48. The number of methoxy groups -OCH3 is 3. The van der Waals surface area contributed by atoms with Gasteiger partial charge in [0.25, 0.3) is 0 Å². The number of carbonyl (C=O) groups is 2. The molecule has 0 heterocycles. The molecular weight excluding hydrogens is 393 g/mol. The molecule has 0 radical (unpaired) electrons. The van der Waals surface area contributed by atoms with Gasteiger partial charge in [0.1, 0.15) is 0 Å². The van der Waals surface area contributed by atoms with E-state index in [1.54, 1.807) is 12.1 Å². The highest BCUT2D eigenvalue weighted by molar-refractivity contribution is 5.94. The molecule has 2 amide bonds. The van der Waals surface area contributed by atoms with Gasteiger partial charge in [0, 0.05) is 0 Å². The van der Waals surface area contributed by atoms with Crippen LogP contribution in [0.2, 0.25) is 0 Å². The summed E-state index contributed by atoms with van der Waals surface area (Å²) in [5.41, 5.74) is -0.00293. The van der Waals surface area contributed by atoms with Gasteiger partial charge in [-0.3, -0.25) is 9.59 Å². The minimum atomic E-state index is -1.70. The molecule has 0 unspecified atom stereocenters. The van der Waals surface area contributed by atoms with E-state index < -0.39 is 41.5 Å². The van der Waals surface area contributed by atoms with E-state index in [-0.39, 0.29) is 6.42 Å². The molecular formula is C19H19F3N2O5. The van der Waals surface area contributed by atoms with E-state index in [1.807, 2.05) is 0 Å². The van der Waals surface area contributed by atoms with Crippen LogP contribution in [-0.4, -0.2) is 39.7 Å². The van der Waals surface area contributed by atoms with Crippen LogP contribution in [0.15, 0.2) is 24.3 Å². The molecule has 29 heavy (non-hydrogen) atoms. The molecule has 156 valence electrons. The van der Waals surface area contributed by atoms with Crippen LogP contribution in [0.5, 0.6) is 17.2 Å². The number of hydrogen-bond donors (Lipinski definition) is 2. The first-order chi connectivity index (χ1) is 13.8. The van der Waals surface area contributed by atoms with Crippen molar-refractivity contribution in [3.8, 4) is 17.2 Å². The Morgan fingerprint density at radius 2 is 1.52 bits per heavy atom. The zero-order chi connectivity index (χ0) is 21.6. The second-order valence-electron chi connectivity index (χ2n) is 5.76. The molecule has 0 aliphatic heterocycles. The predicted molar refractivity (Wildman–Crippen MR) is 97.8 cm³/mol. The quantitative estimate of drug-likeness (QED) is 0.651. The summed E-state index contributed by atoms with van der Waals surface area (Å²) < 4.78 is 55.2. The molecule has 0 saturated heterocycles. The molecule has 0 aromatic heterocycles. The number of anilines is 1. The summed E-state index contributed by atoms with van der Waals surface area (Å²) in [5, 5.41) is 4.40. The monoisotopic (exact) mass is 412 g/mol. The summed E-state index contributed by atoms with van der Waals surface area (Å²) in [7, 11) is 4.31. The van der Waals surface area contributed by atoms with Crippen molar-refractivity contribution in [3.63, 3.8) is 0 Å². The Bertz CT molecular complexity index is 896. The zero-order valence-electron chi connectivity index (χ0n) is 15.9. The highest BCUT2D eigenvalue weighted by atomic mass is 19.2. The second kappa shape index (κ2) is 9.67. The van der Waals surface area contributed by atoms with Gasteiger partial charge in [-0.15, -0.1) is 0 Å². The largest absolute Gasteiger partial charge is 0.493 e. The van der Waals surface area contributed by atoms with Crippen LogP contribution in [0.1, 0.15) is 5.56 Å². The van der Waals surface area contributed by atoms with Crippen LogP contribution in [0.25, 0.3) is 0 Å². The third-order valence-electron chi connectivity index (χ3n) is 3.84. The maximum Gasteiger partial charge on any atom is 0.243 e. The average molecular weight is 412 g/mol. The maximum atomic E-state index is 13.6. The van der Waals surface area contributed by atoms with Crippen molar-refractivity contribution < 1.29 is 37.0 Å². The van der Waals surface area contributed by atoms with Gasteiger partial charge in [0.15, 0.2) is 29.0 Å². The van der Waals surface area contributed by atoms with E-state index >= 15 is 0 Å². The fourth-order valence-corrected chi connectivity index (χ4v) is 2.48. The molecule has 0 aliphatic rings. The van der Waals surface area contributed by atoms with E-state index in [0.29, 0.717) is 28.9 Å². The van der Waals surface area contributed by atoms with Crippen LogP contribution < -0.4 is 24.8 Å². The number of nitrogens with one attached hydrogen (secondary N) is 2. The number of hydrogen-bond acceptors (Lipinski definition) is 5. The minimum Gasteiger partial charge on any atom is -0.493 e. The molecule has 2 N–H and O–H groups in total. The van der Waals surface area contributed by atoms with Crippen LogP contribution in [0, 0.1) is 17.5 Å². The van der Waals surface area contributed by atoms with Gasteiger partial charge in [0.05, 0.1) is 40.0 Å². The SMILES string of the molecule is COc1cc(CC(=O)NCC(=O)Nc2ccc(F)c(F)c2F)cc(OC)c1OC. The Labute approximate surface area is 164 Å². The summed E-state index contributed by atoms with van der Waals surface area (Å²) in [6.45, 7) is -0.498. The van der Waals surface area contributed by atoms with Gasteiger partial charge in [-0.1, -0.05) is 0 Å². The van der Waals surface area contributed by atoms with E-state index in [0.717, 1.165) is 6.07 Å². The molecule has 2 aromatic carbocycles. The summed E-state index contributed by atoms with van der Waals surface area (Å²) in [6, 6.07) is 4.72. The maximum absolute atomic E-state index is 13.6. The number of rotatable bonds is 8. The molecule has 0 saturated carbocycles. The van der Waals surface area contributed by atoms with Gasteiger partial charge in [-0.05, 0) is 29.8 Å². The van der Waals surface area contributed by atoms with Crippen LogP contribution in [-0.2, 0) is 16.0 Å². The van der Waals surface area contributed by atoms with E-state index in [9.17, 15) is 22.8 Å². The third kappa shape index (κ3) is 5.31. The first-order valence-corrected chi connectivity index (χ1v) is 8.29. The molecule has 0 fully saturated rings. The number of ether oxygens (including phenoxy) is 3. The van der Waals surface area contributed by atoms with Crippen LogP contribution >= 0.6 is 0 Å². The summed E-state index contributed by atoms with van der Waals surface area (Å²) in [6.07, 6.45) is -0.108. The molecule has 10 heteroatoms. The normalized spacial score (nSPS) is 10.3. The minimum absolute atomic E-state index is 0.108. The van der Waals surface area contributed by atoms with Crippen molar-refractivity contribution in [2.45, 2.75) is 6.42 Å². The number of carbonyl (C=O) groups excluding carboxylic acids is 2. The Morgan fingerprint density at radius 1 is 0.897 bits per heavy atom. The summed E-state index contributed by atoms with van der Waals surface area (Å²) >= 11 is 0. The van der Waals surface area contributed by atoms with Crippen molar-refractivity contribution in [2.75, 3.05) is 33.2 Å². The topological polar surface area (TPSA) is 85.9 Å². The molecule has 0 aliphatic carbocycles. The van der Waals surface area contributed by atoms with Gasteiger partial charge in [-0.2, -0.15) is 0 Å². The van der Waals surface area contributed by atoms with E-state index in [2.05, 4.69) is 10.6 Å². The Balaban J connectivity index is 1.98. The van der Waals surface area contributed by atoms with Gasteiger partial charge < -0.3 is 24.8 Å². The van der Waals surface area contributed by atoms with Gasteiger partial charge >= 0.3 is 0 Å². The average Bonchev–Trinajstić information content (AvgIpc) is 2.71. The van der Waals surface area contributed by atoms with Gasteiger partial charge in [-0.25, -0.2) is 13.2 Å². The van der Waals surface area contributed by atoms with Crippen molar-refractivity contribution in [3.05, 3.63) is 47.3 Å². The third-order valence-corrected chi connectivity index (χ3v) is 3.84. The summed E-state index contributed by atoms with van der Waals surface area (Å²) in [5.74, 6) is -4.83. The molecule has 0 spiro atoms. The Kier molecular flexibility index (Phi) is 7.29. The lowest BCUT2D eigenvalue weighted by Crippen LogP contribution is -2.34. The predicted octanol–water partition coefficient (Wildman–Crippen LogP) is 2.43. The fraction of sp³-hybridized carbons (Fsp3) is 0.263. The smallest absolute Gasteiger partial charge is 0.243 e. The molecule has 0 atom stereocenters. The van der Waals surface area contributed by atoms with E-state index in [1.165, 1.54) is 21.3 Å². The second-order valence-corrected chi connectivity index (χ2v) is 5.76. The zero-order valence-corrected chi connectivity index (χ0v) is 15.9. The number of benzene rings is 2. The lowest BCUT2D eigenvalue weighted by Gasteiger charge is -2.14. The highest BCUT2D eigenvalue weighted by Gasteiger charge is 2.17. The number of amides is 2. The lowest BCUT2D eigenvalue weighted by atomic mass is 10.1.